The summed E-state index contributed by atoms with van der Waals surface area (Å²) in [5.74, 6) is 0.190. The number of carbonyl (C=O) groups is 1. The molecule has 0 spiro atoms. The van der Waals surface area contributed by atoms with Crippen LogP contribution in [0.3, 0.4) is 0 Å². The molecule has 0 N–H and O–H groups in total. The third-order valence-corrected chi connectivity index (χ3v) is 7.55. The summed E-state index contributed by atoms with van der Waals surface area (Å²) in [7, 11) is 1.53. The number of piperidine rings is 1. The molecule has 2 aliphatic rings. The molecular weight excluding hydrogens is 454 g/mol. The van der Waals surface area contributed by atoms with Crippen LogP contribution in [0.4, 0.5) is 11.4 Å². The highest BCUT2D eigenvalue weighted by Crippen LogP contribution is 2.26. The van der Waals surface area contributed by atoms with Crippen LogP contribution in [0.15, 0.2) is 70.3 Å². The standard InChI is InChI=1S/C28H33N5O3/c1-21-25(27(35)29(2)28(36)33(21)24-11-7-4-8-12-24)31-15-13-22(14-16-31)26(34)32-19-17-30(18-20-32)23-9-5-3-6-10-23/h3-12,22H,13-20H2,1-2H3. The fourth-order valence-electron chi connectivity index (χ4n) is 5.48. The van der Waals surface area contributed by atoms with Crippen molar-refractivity contribution >= 4 is 17.3 Å². The Kier molecular flexibility index (Phi) is 6.67. The maximum atomic E-state index is 13.3. The maximum Gasteiger partial charge on any atom is 0.335 e. The van der Waals surface area contributed by atoms with Crippen LogP contribution in [0.2, 0.25) is 0 Å². The van der Waals surface area contributed by atoms with Gasteiger partial charge >= 0.3 is 5.69 Å². The monoisotopic (exact) mass is 487 g/mol. The van der Waals surface area contributed by atoms with Crippen molar-refractivity contribution in [3.05, 3.63) is 87.2 Å². The molecule has 2 saturated heterocycles. The number of rotatable bonds is 4. The molecule has 0 bridgehead atoms. The zero-order valence-electron chi connectivity index (χ0n) is 21.0. The Labute approximate surface area is 211 Å². The van der Waals surface area contributed by atoms with Crippen LogP contribution in [0.5, 0.6) is 0 Å². The first-order valence-corrected chi connectivity index (χ1v) is 12.7. The first-order valence-electron chi connectivity index (χ1n) is 12.7. The van der Waals surface area contributed by atoms with Gasteiger partial charge in [-0.3, -0.25) is 18.7 Å². The van der Waals surface area contributed by atoms with E-state index in [9.17, 15) is 14.4 Å². The van der Waals surface area contributed by atoms with E-state index >= 15 is 0 Å². The average molecular weight is 488 g/mol. The van der Waals surface area contributed by atoms with Crippen molar-refractivity contribution in [2.75, 3.05) is 49.1 Å². The summed E-state index contributed by atoms with van der Waals surface area (Å²) >= 11 is 0. The molecule has 2 aliphatic heterocycles. The van der Waals surface area contributed by atoms with Crippen LogP contribution < -0.4 is 21.0 Å². The van der Waals surface area contributed by atoms with Crippen LogP contribution in [0, 0.1) is 12.8 Å². The highest BCUT2D eigenvalue weighted by molar-refractivity contribution is 5.79. The Bertz CT molecular complexity index is 1330. The van der Waals surface area contributed by atoms with Crippen LogP contribution in [0.1, 0.15) is 18.5 Å². The van der Waals surface area contributed by atoms with Gasteiger partial charge in [0.2, 0.25) is 5.91 Å². The Morgan fingerprint density at radius 1 is 0.750 bits per heavy atom. The summed E-state index contributed by atoms with van der Waals surface area (Å²) in [6.45, 7) is 6.20. The zero-order chi connectivity index (χ0) is 25.2. The van der Waals surface area contributed by atoms with Crippen LogP contribution in [-0.2, 0) is 11.8 Å². The molecular formula is C28H33N5O3. The van der Waals surface area contributed by atoms with Gasteiger partial charge in [0.25, 0.3) is 5.56 Å². The van der Waals surface area contributed by atoms with E-state index in [-0.39, 0.29) is 23.1 Å². The third kappa shape index (κ3) is 4.43. The summed E-state index contributed by atoms with van der Waals surface area (Å²) in [5.41, 5.74) is 2.47. The lowest BCUT2D eigenvalue weighted by atomic mass is 9.94. The van der Waals surface area contributed by atoms with Gasteiger partial charge in [0.05, 0.1) is 11.4 Å². The van der Waals surface area contributed by atoms with Gasteiger partial charge in [-0.05, 0) is 44.0 Å². The lowest BCUT2D eigenvalue weighted by molar-refractivity contribution is -0.136. The summed E-state index contributed by atoms with van der Waals surface area (Å²) in [5, 5.41) is 0. The van der Waals surface area contributed by atoms with E-state index in [1.54, 1.807) is 4.57 Å². The zero-order valence-corrected chi connectivity index (χ0v) is 21.0. The predicted molar refractivity (Wildman–Crippen MR) is 142 cm³/mol. The number of piperazine rings is 1. The second-order valence-corrected chi connectivity index (χ2v) is 9.66. The number of carbonyl (C=O) groups excluding carboxylic acids is 1. The van der Waals surface area contributed by atoms with Crippen molar-refractivity contribution in [2.45, 2.75) is 19.8 Å². The molecule has 8 nitrogen and oxygen atoms in total. The normalized spacial score (nSPS) is 16.9. The molecule has 3 aromatic rings. The molecule has 0 aliphatic carbocycles. The first kappa shape index (κ1) is 23.9. The van der Waals surface area contributed by atoms with E-state index in [0.717, 1.165) is 31.9 Å². The third-order valence-electron chi connectivity index (χ3n) is 7.55. The molecule has 8 heteroatoms. The molecule has 0 atom stereocenters. The van der Waals surface area contributed by atoms with E-state index in [1.165, 1.54) is 17.3 Å². The summed E-state index contributed by atoms with van der Waals surface area (Å²) in [4.78, 5) is 45.7. The lowest BCUT2D eigenvalue weighted by Crippen LogP contribution is -2.52. The minimum atomic E-state index is -0.354. The molecule has 0 saturated carbocycles. The van der Waals surface area contributed by atoms with Crippen molar-refractivity contribution in [2.24, 2.45) is 13.0 Å². The van der Waals surface area contributed by atoms with E-state index < -0.39 is 0 Å². The Morgan fingerprint density at radius 2 is 1.31 bits per heavy atom. The van der Waals surface area contributed by atoms with Crippen LogP contribution >= 0.6 is 0 Å². The van der Waals surface area contributed by atoms with Gasteiger partial charge in [-0.1, -0.05) is 36.4 Å². The van der Waals surface area contributed by atoms with Crippen molar-refractivity contribution in [3.8, 4) is 5.69 Å². The van der Waals surface area contributed by atoms with E-state index in [4.69, 9.17) is 0 Å². The quantitative estimate of drug-likeness (QED) is 0.565. The molecule has 5 rings (SSSR count). The largest absolute Gasteiger partial charge is 0.368 e. The topological polar surface area (TPSA) is 70.8 Å². The van der Waals surface area contributed by atoms with Crippen molar-refractivity contribution < 1.29 is 4.79 Å². The fraction of sp³-hybridized carbons (Fsp3) is 0.393. The average Bonchev–Trinajstić information content (AvgIpc) is 2.93. The molecule has 2 fully saturated rings. The van der Waals surface area contributed by atoms with E-state index in [2.05, 4.69) is 17.0 Å². The number of aromatic nitrogens is 2. The lowest BCUT2D eigenvalue weighted by Gasteiger charge is -2.40. The van der Waals surface area contributed by atoms with Gasteiger partial charge in [0, 0.05) is 57.9 Å². The molecule has 36 heavy (non-hydrogen) atoms. The molecule has 2 aromatic carbocycles. The second kappa shape index (κ2) is 10.0. The van der Waals surface area contributed by atoms with Crippen molar-refractivity contribution in [1.82, 2.24) is 14.0 Å². The summed E-state index contributed by atoms with van der Waals surface area (Å²) < 4.78 is 2.78. The van der Waals surface area contributed by atoms with E-state index in [1.807, 2.05) is 65.3 Å². The highest BCUT2D eigenvalue weighted by Gasteiger charge is 2.32. The van der Waals surface area contributed by atoms with Gasteiger partial charge in [-0.15, -0.1) is 0 Å². The smallest absolute Gasteiger partial charge is 0.335 e. The number of benzene rings is 2. The van der Waals surface area contributed by atoms with Gasteiger partial charge in [-0.2, -0.15) is 0 Å². The SMILES string of the molecule is Cc1c(N2CCC(C(=O)N3CCN(c4ccccc4)CC3)CC2)c(=O)n(C)c(=O)n1-c1ccccc1. The van der Waals surface area contributed by atoms with Gasteiger partial charge in [-0.25, -0.2) is 4.79 Å². The highest BCUT2D eigenvalue weighted by atomic mass is 16.2. The summed E-state index contributed by atoms with van der Waals surface area (Å²) in [6, 6.07) is 19.7. The van der Waals surface area contributed by atoms with Gasteiger partial charge in [0.1, 0.15) is 5.69 Å². The fourth-order valence-corrected chi connectivity index (χ4v) is 5.48. The molecule has 188 valence electrons. The minimum absolute atomic E-state index is 0.0336. The molecule has 1 amide bonds. The van der Waals surface area contributed by atoms with Crippen LogP contribution in [0.25, 0.3) is 5.69 Å². The number of nitrogens with zero attached hydrogens (tertiary/aromatic N) is 5. The van der Waals surface area contributed by atoms with Crippen LogP contribution in [-0.4, -0.2) is 59.2 Å². The molecule has 3 heterocycles. The number of anilines is 2. The number of para-hydroxylation sites is 2. The minimum Gasteiger partial charge on any atom is -0.368 e. The van der Waals surface area contributed by atoms with E-state index in [0.29, 0.717) is 37.3 Å². The van der Waals surface area contributed by atoms with Crippen molar-refractivity contribution in [3.63, 3.8) is 0 Å². The van der Waals surface area contributed by atoms with Gasteiger partial charge < -0.3 is 14.7 Å². The number of hydrogen-bond donors (Lipinski definition) is 0. The second-order valence-electron chi connectivity index (χ2n) is 9.66. The molecule has 0 radical (unpaired) electrons. The number of amides is 1. The summed E-state index contributed by atoms with van der Waals surface area (Å²) in [6.07, 6.45) is 1.40. The maximum absolute atomic E-state index is 13.3. The Hall–Kier alpha value is -3.81. The number of hydrogen-bond acceptors (Lipinski definition) is 5. The van der Waals surface area contributed by atoms with Gasteiger partial charge in [0.15, 0.2) is 0 Å². The Balaban J connectivity index is 1.27. The Morgan fingerprint density at radius 3 is 1.89 bits per heavy atom. The molecule has 1 aromatic heterocycles. The molecule has 0 unspecified atom stereocenters. The predicted octanol–water partition coefficient (Wildman–Crippen LogP) is 2.41. The first-order chi connectivity index (χ1) is 17.5. The van der Waals surface area contributed by atoms with Crippen molar-refractivity contribution in [1.29, 1.82) is 0 Å².